The highest BCUT2D eigenvalue weighted by molar-refractivity contribution is 9.10. The summed E-state index contributed by atoms with van der Waals surface area (Å²) in [6, 6.07) is 13.6. The van der Waals surface area contributed by atoms with Gasteiger partial charge in [0, 0.05) is 52.8 Å². The molecule has 9 nitrogen and oxygen atoms in total. The number of benzene rings is 2. The third-order valence-electron chi connectivity index (χ3n) is 8.15. The Hall–Kier alpha value is -4.07. The number of esters is 1. The van der Waals surface area contributed by atoms with Crippen molar-refractivity contribution in [1.29, 1.82) is 0 Å². The van der Waals surface area contributed by atoms with Gasteiger partial charge in [-0.2, -0.15) is 0 Å². The number of ketones is 1. The van der Waals surface area contributed by atoms with E-state index in [-0.39, 0.29) is 35.9 Å². The lowest BCUT2D eigenvalue weighted by molar-refractivity contribution is -0.384. The second kappa shape index (κ2) is 21.9. The van der Waals surface area contributed by atoms with Crippen molar-refractivity contribution in [3.63, 3.8) is 0 Å². The number of nitro groups is 1. The standard InChI is InChI=1S/C14H15BrO.C13H18ClN3.C12H15NO4/c1-4-5-6-11-7-8-13(15)12(9-11)14(16)10(2)3;1-3-10(4-2)5-7-17-8-6-11-12(14)15-9-16-13(11)17;1-3-9(2)12(14)17-8-10-4-6-11(7-5-10)13(15)16/h7-10H,4H2,1-3H3;6,8-10H,3-5,7H2,1-2H3;4-7,9H,3,8H2,1-2H3. The van der Waals surface area contributed by atoms with Crippen LogP contribution in [0.5, 0.6) is 0 Å². The van der Waals surface area contributed by atoms with Gasteiger partial charge in [0.2, 0.25) is 0 Å². The summed E-state index contributed by atoms with van der Waals surface area (Å²) in [5, 5.41) is 11.9. The summed E-state index contributed by atoms with van der Waals surface area (Å²) in [6.07, 6.45) is 8.81. The summed E-state index contributed by atoms with van der Waals surface area (Å²) in [7, 11) is 0. The topological polar surface area (TPSA) is 117 Å². The van der Waals surface area contributed by atoms with Gasteiger partial charge in [-0.15, -0.1) is 0 Å². The van der Waals surface area contributed by atoms with Gasteiger partial charge in [0.1, 0.15) is 23.7 Å². The molecule has 268 valence electrons. The molecular weight excluding hydrogens is 720 g/mol. The average Bonchev–Trinajstić information content (AvgIpc) is 3.55. The van der Waals surface area contributed by atoms with Gasteiger partial charge in [-0.3, -0.25) is 19.7 Å². The fourth-order valence-electron chi connectivity index (χ4n) is 4.64. The van der Waals surface area contributed by atoms with Crippen LogP contribution in [0.2, 0.25) is 5.15 Å². The zero-order valence-electron chi connectivity index (χ0n) is 30.0. The first-order chi connectivity index (χ1) is 23.9. The fourth-order valence-corrected chi connectivity index (χ4v) is 5.28. The highest BCUT2D eigenvalue weighted by atomic mass is 79.9. The van der Waals surface area contributed by atoms with Crippen molar-refractivity contribution in [1.82, 2.24) is 14.5 Å². The lowest BCUT2D eigenvalue weighted by Gasteiger charge is -2.12. The normalized spacial score (nSPS) is 11.1. The fraction of sp³-hybridized carbons (Fsp3) is 0.436. The highest BCUT2D eigenvalue weighted by Crippen LogP contribution is 2.23. The van der Waals surface area contributed by atoms with E-state index in [1.807, 2.05) is 58.2 Å². The summed E-state index contributed by atoms with van der Waals surface area (Å²) in [5.74, 6) is 6.62. The van der Waals surface area contributed by atoms with E-state index in [0.29, 0.717) is 5.15 Å². The van der Waals surface area contributed by atoms with Gasteiger partial charge < -0.3 is 9.30 Å². The molecule has 0 fully saturated rings. The van der Waals surface area contributed by atoms with E-state index in [0.717, 1.165) is 57.5 Å². The molecule has 0 spiro atoms. The lowest BCUT2D eigenvalue weighted by atomic mass is 9.99. The van der Waals surface area contributed by atoms with Gasteiger partial charge in [0.15, 0.2) is 5.78 Å². The van der Waals surface area contributed by atoms with Gasteiger partial charge >= 0.3 is 5.97 Å². The predicted octanol–water partition coefficient (Wildman–Crippen LogP) is 10.6. The smallest absolute Gasteiger partial charge is 0.308 e. The van der Waals surface area contributed by atoms with E-state index in [1.165, 1.54) is 37.7 Å². The number of hydrogen-bond acceptors (Lipinski definition) is 7. The maximum atomic E-state index is 11.9. The van der Waals surface area contributed by atoms with Crippen LogP contribution in [0.25, 0.3) is 11.0 Å². The number of aryl methyl sites for hydroxylation is 1. The first kappa shape index (κ1) is 42.1. The number of nitrogens with zero attached hydrogens (tertiary/aromatic N) is 4. The van der Waals surface area contributed by atoms with Crippen molar-refractivity contribution < 1.29 is 19.2 Å². The first-order valence-corrected chi connectivity index (χ1v) is 18.2. The number of aromatic nitrogens is 3. The Morgan fingerprint density at radius 1 is 1.00 bits per heavy atom. The molecule has 2 aromatic heterocycles. The van der Waals surface area contributed by atoms with Crippen molar-refractivity contribution in [3.8, 4) is 11.8 Å². The molecule has 0 saturated heterocycles. The number of fused-ring (bicyclic) bond motifs is 1. The van der Waals surface area contributed by atoms with Crippen LogP contribution in [-0.2, 0) is 22.7 Å². The number of carbonyl (C=O) groups is 2. The van der Waals surface area contributed by atoms with Crippen LogP contribution in [-0.4, -0.2) is 31.2 Å². The zero-order valence-corrected chi connectivity index (χ0v) is 32.4. The molecule has 0 aliphatic carbocycles. The SMILES string of the molecule is CCC#Cc1ccc(Br)c(C(=O)C(C)C)c1.CCC(C)C(=O)OCc1ccc([N+](=O)[O-])cc1.CCC(CC)CCn1ccc2c(Cl)ncnc21. The van der Waals surface area contributed by atoms with E-state index in [4.69, 9.17) is 16.3 Å². The molecule has 0 aliphatic rings. The number of rotatable bonds is 12. The van der Waals surface area contributed by atoms with Crippen molar-refractivity contribution >= 4 is 56.0 Å². The van der Waals surface area contributed by atoms with Crippen LogP contribution in [0.4, 0.5) is 5.69 Å². The Labute approximate surface area is 309 Å². The molecule has 0 radical (unpaired) electrons. The summed E-state index contributed by atoms with van der Waals surface area (Å²) < 4.78 is 8.08. The molecule has 4 aromatic rings. The monoisotopic (exact) mass is 766 g/mol. The second-order valence-electron chi connectivity index (χ2n) is 12.1. The molecule has 50 heavy (non-hydrogen) atoms. The number of non-ortho nitro benzene ring substituents is 1. The quantitative estimate of drug-likeness (QED) is 0.0352. The Balaban J connectivity index is 0.000000260. The summed E-state index contributed by atoms with van der Waals surface area (Å²) in [5.41, 5.74) is 3.33. The average molecular weight is 768 g/mol. The van der Waals surface area contributed by atoms with Crippen LogP contribution in [0.3, 0.4) is 0 Å². The van der Waals surface area contributed by atoms with Gasteiger partial charge in [0.05, 0.1) is 16.2 Å². The number of ether oxygens (including phenoxy) is 1. The molecular formula is C39H48BrClN4O5. The predicted molar refractivity (Wildman–Crippen MR) is 204 cm³/mol. The summed E-state index contributed by atoms with van der Waals surface area (Å²) >= 11 is 9.42. The van der Waals surface area contributed by atoms with Crippen molar-refractivity contribution in [2.45, 2.75) is 93.7 Å². The Morgan fingerprint density at radius 3 is 2.26 bits per heavy atom. The van der Waals surface area contributed by atoms with E-state index in [2.05, 4.69) is 56.2 Å². The minimum absolute atomic E-state index is 0.00526. The van der Waals surface area contributed by atoms with Crippen LogP contribution in [0, 0.1) is 39.7 Å². The molecule has 2 aromatic carbocycles. The van der Waals surface area contributed by atoms with E-state index in [9.17, 15) is 19.7 Å². The molecule has 0 bridgehead atoms. The minimum atomic E-state index is -0.463. The van der Waals surface area contributed by atoms with Gasteiger partial charge in [0.25, 0.3) is 5.69 Å². The largest absolute Gasteiger partial charge is 0.461 e. The third kappa shape index (κ3) is 13.3. The molecule has 1 unspecified atom stereocenters. The molecule has 0 aliphatic heterocycles. The van der Waals surface area contributed by atoms with Crippen molar-refractivity contribution in [2.24, 2.45) is 17.8 Å². The summed E-state index contributed by atoms with van der Waals surface area (Å²) in [4.78, 5) is 41.6. The van der Waals surface area contributed by atoms with Crippen LogP contribution < -0.4 is 0 Å². The molecule has 0 amide bonds. The number of halogens is 2. The van der Waals surface area contributed by atoms with Gasteiger partial charge in [-0.05, 0) is 60.7 Å². The van der Waals surface area contributed by atoms with E-state index in [1.54, 1.807) is 19.1 Å². The number of carbonyl (C=O) groups excluding carboxylic acids is 2. The van der Waals surface area contributed by atoms with Crippen LogP contribution >= 0.6 is 27.5 Å². The zero-order chi connectivity index (χ0) is 37.2. The maximum absolute atomic E-state index is 11.9. The van der Waals surface area contributed by atoms with Crippen LogP contribution in [0.15, 0.2) is 65.5 Å². The third-order valence-corrected chi connectivity index (χ3v) is 9.14. The molecule has 0 N–H and O–H groups in total. The van der Waals surface area contributed by atoms with Gasteiger partial charge in [-0.25, -0.2) is 9.97 Å². The number of hydrogen-bond donors (Lipinski definition) is 0. The van der Waals surface area contributed by atoms with Crippen molar-refractivity contribution in [3.05, 3.63) is 97.5 Å². The van der Waals surface area contributed by atoms with Crippen molar-refractivity contribution in [2.75, 3.05) is 0 Å². The Bertz CT molecular complexity index is 1760. The Morgan fingerprint density at radius 2 is 1.68 bits per heavy atom. The number of nitro benzene ring substituents is 1. The minimum Gasteiger partial charge on any atom is -0.461 e. The Kier molecular flexibility index (Phi) is 18.4. The molecule has 0 saturated carbocycles. The molecule has 11 heteroatoms. The highest BCUT2D eigenvalue weighted by Gasteiger charge is 2.14. The van der Waals surface area contributed by atoms with Crippen LogP contribution in [0.1, 0.15) is 102 Å². The molecule has 2 heterocycles. The second-order valence-corrected chi connectivity index (χ2v) is 13.3. The van der Waals surface area contributed by atoms with Gasteiger partial charge in [-0.1, -0.05) is 101 Å². The summed E-state index contributed by atoms with van der Waals surface area (Å²) in [6.45, 7) is 15.2. The van der Waals surface area contributed by atoms with E-state index < -0.39 is 4.92 Å². The van der Waals surface area contributed by atoms with E-state index >= 15 is 0 Å². The molecule has 1 atom stereocenters. The number of Topliss-reactive ketones (excluding diaryl/α,β-unsaturated/α-hetero) is 1. The lowest BCUT2D eigenvalue weighted by Crippen LogP contribution is -2.13. The maximum Gasteiger partial charge on any atom is 0.308 e. The first-order valence-electron chi connectivity index (χ1n) is 17.0. The molecule has 4 rings (SSSR count).